The van der Waals surface area contributed by atoms with Crippen molar-refractivity contribution in [3.63, 3.8) is 0 Å². The van der Waals surface area contributed by atoms with Crippen LogP contribution < -0.4 is 20.3 Å². The summed E-state index contributed by atoms with van der Waals surface area (Å²) in [6.45, 7) is 0.370. The summed E-state index contributed by atoms with van der Waals surface area (Å²) >= 11 is 5.88. The molecule has 3 rings (SSSR count). The maximum atomic E-state index is 12.3. The highest BCUT2D eigenvalue weighted by atomic mass is 35.5. The molecule has 0 atom stereocenters. The largest absolute Gasteiger partial charge is 0.493 e. The van der Waals surface area contributed by atoms with Crippen LogP contribution in [0.2, 0.25) is 5.02 Å². The van der Waals surface area contributed by atoms with E-state index >= 15 is 0 Å². The Morgan fingerprint density at radius 1 is 0.963 bits per heavy atom. The normalized spacial score (nSPS) is 10.1. The van der Waals surface area contributed by atoms with Crippen LogP contribution in [-0.2, 0) is 6.61 Å². The first-order valence-electron chi connectivity index (χ1n) is 8.32. The molecule has 3 aromatic carbocycles. The van der Waals surface area contributed by atoms with E-state index in [1.807, 2.05) is 54.6 Å². The molecule has 0 saturated heterocycles. The second-order valence-corrected chi connectivity index (χ2v) is 6.16. The van der Waals surface area contributed by atoms with Crippen molar-refractivity contribution in [1.29, 1.82) is 0 Å². The zero-order chi connectivity index (χ0) is 19.1. The Hall–Kier alpha value is -3.18. The van der Waals surface area contributed by atoms with Gasteiger partial charge in [-0.15, -0.1) is 0 Å². The molecule has 0 saturated carbocycles. The number of halogens is 1. The van der Waals surface area contributed by atoms with Gasteiger partial charge in [0, 0.05) is 10.6 Å². The van der Waals surface area contributed by atoms with Crippen LogP contribution in [0.1, 0.15) is 15.9 Å². The average Bonchev–Trinajstić information content (AvgIpc) is 2.72. The number of hydrogen-bond acceptors (Lipinski definition) is 4. The van der Waals surface area contributed by atoms with Gasteiger partial charge in [-0.25, -0.2) is 0 Å². The molecule has 0 radical (unpaired) electrons. The third-order valence-electron chi connectivity index (χ3n) is 3.83. The molecule has 2 N–H and O–H groups in total. The van der Waals surface area contributed by atoms with Crippen molar-refractivity contribution in [2.45, 2.75) is 6.61 Å². The van der Waals surface area contributed by atoms with Gasteiger partial charge in [0.1, 0.15) is 6.61 Å². The molecule has 5 nitrogen and oxygen atoms in total. The molecule has 0 fully saturated rings. The number of anilines is 1. The van der Waals surface area contributed by atoms with Gasteiger partial charge in [0.05, 0.1) is 12.8 Å². The third-order valence-corrected chi connectivity index (χ3v) is 4.08. The fourth-order valence-electron chi connectivity index (χ4n) is 2.39. The first-order valence-corrected chi connectivity index (χ1v) is 8.70. The van der Waals surface area contributed by atoms with Crippen molar-refractivity contribution < 1.29 is 14.3 Å². The number of rotatable bonds is 7. The van der Waals surface area contributed by atoms with Gasteiger partial charge in [0.2, 0.25) is 0 Å². The lowest BCUT2D eigenvalue weighted by atomic mass is 10.2. The molecule has 0 bridgehead atoms. The Morgan fingerprint density at radius 3 is 2.41 bits per heavy atom. The van der Waals surface area contributed by atoms with E-state index in [1.165, 1.54) is 7.11 Å². The molecule has 0 aliphatic heterocycles. The molecule has 6 heteroatoms. The molecule has 138 valence electrons. The number of methoxy groups -OCH3 is 1. The van der Waals surface area contributed by atoms with Crippen molar-refractivity contribution in [2.24, 2.45) is 0 Å². The minimum absolute atomic E-state index is 0.276. The lowest BCUT2D eigenvalue weighted by Gasteiger charge is -2.13. The summed E-state index contributed by atoms with van der Waals surface area (Å²) in [5.74, 6) is 0.762. The Labute approximate surface area is 162 Å². The predicted octanol–water partition coefficient (Wildman–Crippen LogP) is 4.68. The number of ether oxygens (including phenoxy) is 2. The predicted molar refractivity (Wildman–Crippen MR) is 106 cm³/mol. The lowest BCUT2D eigenvalue weighted by molar-refractivity contribution is 0.0962. The summed E-state index contributed by atoms with van der Waals surface area (Å²) in [5, 5.41) is 0.677. The van der Waals surface area contributed by atoms with Crippen LogP contribution in [0.3, 0.4) is 0 Å². The smallest absolute Gasteiger partial charge is 0.269 e. The lowest BCUT2D eigenvalue weighted by Crippen LogP contribution is -2.29. The molecule has 0 aliphatic rings. The van der Waals surface area contributed by atoms with Crippen LogP contribution >= 0.6 is 11.6 Å². The second-order valence-electron chi connectivity index (χ2n) is 5.73. The van der Waals surface area contributed by atoms with Crippen LogP contribution in [0.4, 0.5) is 5.69 Å². The van der Waals surface area contributed by atoms with Crippen LogP contribution in [0, 0.1) is 0 Å². The number of para-hydroxylation sites is 1. The molecule has 27 heavy (non-hydrogen) atoms. The van der Waals surface area contributed by atoms with Gasteiger partial charge in [0.25, 0.3) is 5.91 Å². The standard InChI is InChI=1S/C21H19ClN2O3/c1-26-20-13-16(21(25)24-23-18-5-3-2-4-6-18)9-12-19(20)27-14-15-7-10-17(22)11-8-15/h2-13,23H,14H2,1H3,(H,24,25). The fraction of sp³-hybridized carbons (Fsp3) is 0.0952. The van der Waals surface area contributed by atoms with Gasteiger partial charge in [-0.2, -0.15) is 0 Å². The molecular weight excluding hydrogens is 364 g/mol. The highest BCUT2D eigenvalue weighted by molar-refractivity contribution is 6.30. The van der Waals surface area contributed by atoms with Gasteiger partial charge in [-0.05, 0) is 48.0 Å². The van der Waals surface area contributed by atoms with Gasteiger partial charge in [0.15, 0.2) is 11.5 Å². The third kappa shape index (κ3) is 5.15. The molecular formula is C21H19ClN2O3. The van der Waals surface area contributed by atoms with Crippen molar-refractivity contribution in [2.75, 3.05) is 12.5 Å². The number of nitrogens with one attached hydrogen (secondary N) is 2. The second kappa shape index (κ2) is 8.96. The van der Waals surface area contributed by atoms with E-state index in [0.29, 0.717) is 28.7 Å². The fourth-order valence-corrected chi connectivity index (χ4v) is 2.52. The molecule has 1 amide bonds. The van der Waals surface area contributed by atoms with Crippen LogP contribution in [-0.4, -0.2) is 13.0 Å². The molecule has 0 aromatic heterocycles. The van der Waals surface area contributed by atoms with Crippen LogP contribution in [0.5, 0.6) is 11.5 Å². The quantitative estimate of drug-likeness (QED) is 0.582. The van der Waals surface area contributed by atoms with Gasteiger partial charge in [-0.1, -0.05) is 41.9 Å². The number of amides is 1. The van der Waals surface area contributed by atoms with Gasteiger partial charge >= 0.3 is 0 Å². The summed E-state index contributed by atoms with van der Waals surface area (Å²) in [4.78, 5) is 12.3. The first-order chi connectivity index (χ1) is 13.2. The van der Waals surface area contributed by atoms with Gasteiger partial charge < -0.3 is 9.47 Å². The van der Waals surface area contributed by atoms with Crippen molar-refractivity contribution >= 4 is 23.2 Å². The molecule has 0 unspecified atom stereocenters. The summed E-state index contributed by atoms with van der Waals surface area (Å²) < 4.78 is 11.2. The average molecular weight is 383 g/mol. The van der Waals surface area contributed by atoms with E-state index in [9.17, 15) is 4.79 Å². The highest BCUT2D eigenvalue weighted by Crippen LogP contribution is 2.29. The number of carbonyl (C=O) groups is 1. The minimum atomic E-state index is -0.276. The van der Waals surface area contributed by atoms with Crippen molar-refractivity contribution in [3.05, 3.63) is 88.9 Å². The summed E-state index contributed by atoms with van der Waals surface area (Å²) in [5.41, 5.74) is 7.74. The highest BCUT2D eigenvalue weighted by Gasteiger charge is 2.11. The van der Waals surface area contributed by atoms with E-state index in [0.717, 1.165) is 11.3 Å². The Bertz CT molecular complexity index is 899. The topological polar surface area (TPSA) is 59.6 Å². The Morgan fingerprint density at radius 2 is 1.70 bits per heavy atom. The minimum Gasteiger partial charge on any atom is -0.493 e. The summed E-state index contributed by atoms with van der Waals surface area (Å²) in [7, 11) is 1.54. The Kier molecular flexibility index (Phi) is 6.18. The number of hydrogen-bond donors (Lipinski definition) is 2. The summed E-state index contributed by atoms with van der Waals surface area (Å²) in [6.07, 6.45) is 0. The van der Waals surface area contributed by atoms with Crippen molar-refractivity contribution in [3.8, 4) is 11.5 Å². The first kappa shape index (κ1) is 18.6. The molecule has 3 aromatic rings. The zero-order valence-corrected chi connectivity index (χ0v) is 15.5. The maximum absolute atomic E-state index is 12.3. The number of benzene rings is 3. The molecule has 0 heterocycles. The van der Waals surface area contributed by atoms with E-state index < -0.39 is 0 Å². The van der Waals surface area contributed by atoms with E-state index in [4.69, 9.17) is 21.1 Å². The number of hydrazine groups is 1. The SMILES string of the molecule is COc1cc(C(=O)NNc2ccccc2)ccc1OCc1ccc(Cl)cc1. The van der Waals surface area contributed by atoms with Crippen molar-refractivity contribution in [1.82, 2.24) is 5.43 Å². The van der Waals surface area contributed by atoms with Crippen LogP contribution in [0.25, 0.3) is 0 Å². The van der Waals surface area contributed by atoms with Crippen LogP contribution in [0.15, 0.2) is 72.8 Å². The molecule has 0 aliphatic carbocycles. The monoisotopic (exact) mass is 382 g/mol. The van der Waals surface area contributed by atoms with E-state index in [-0.39, 0.29) is 5.91 Å². The number of carbonyl (C=O) groups excluding carboxylic acids is 1. The molecule has 0 spiro atoms. The summed E-state index contributed by atoms with van der Waals surface area (Å²) in [6, 6.07) is 21.8. The van der Waals surface area contributed by atoms with E-state index in [1.54, 1.807) is 18.2 Å². The van der Waals surface area contributed by atoms with Gasteiger partial charge in [-0.3, -0.25) is 15.6 Å². The van der Waals surface area contributed by atoms with E-state index in [2.05, 4.69) is 10.9 Å². The Balaban J connectivity index is 1.64. The maximum Gasteiger partial charge on any atom is 0.269 e. The zero-order valence-electron chi connectivity index (χ0n) is 14.7.